The van der Waals surface area contributed by atoms with Gasteiger partial charge in [-0.25, -0.2) is 8.78 Å². The summed E-state index contributed by atoms with van der Waals surface area (Å²) in [6, 6.07) is 0. The van der Waals surface area contributed by atoms with Gasteiger partial charge in [-0.2, -0.15) is 0 Å². The minimum atomic E-state index is -0.940. The molecule has 0 rings (SSSR count). The van der Waals surface area contributed by atoms with E-state index in [1.165, 1.54) is 31.4 Å². The van der Waals surface area contributed by atoms with Crippen molar-refractivity contribution in [2.45, 2.75) is 84.0 Å². The number of carboxylic acid groups (broad SMARTS) is 1. The van der Waals surface area contributed by atoms with Crippen molar-refractivity contribution >= 4 is 5.97 Å². The number of halogens is 2. The Labute approximate surface area is 145 Å². The van der Waals surface area contributed by atoms with Gasteiger partial charge >= 0.3 is 5.97 Å². The lowest BCUT2D eigenvalue weighted by molar-refractivity contribution is -0.137. The maximum Gasteiger partial charge on any atom is 0.303 e. The van der Waals surface area contributed by atoms with Gasteiger partial charge in [0.1, 0.15) is 0 Å². The molecule has 4 heteroatoms. The number of carboxylic acids is 1. The highest BCUT2D eigenvalue weighted by Crippen LogP contribution is 2.14. The van der Waals surface area contributed by atoms with E-state index in [4.69, 9.17) is 5.11 Å². The third kappa shape index (κ3) is 16.9. The summed E-state index contributed by atoms with van der Waals surface area (Å²) in [7, 11) is 0. The zero-order chi connectivity index (χ0) is 18.0. The molecule has 0 amide bonds. The van der Waals surface area contributed by atoms with Gasteiger partial charge in [-0.1, -0.05) is 38.0 Å². The molecular formula is C20H32F2O2. The minimum Gasteiger partial charge on any atom is -0.481 e. The van der Waals surface area contributed by atoms with Crippen molar-refractivity contribution in [3.63, 3.8) is 0 Å². The lowest BCUT2D eigenvalue weighted by Crippen LogP contribution is -1.93. The van der Waals surface area contributed by atoms with Crippen molar-refractivity contribution in [2.24, 2.45) is 0 Å². The van der Waals surface area contributed by atoms with Gasteiger partial charge in [0, 0.05) is 12.8 Å². The summed E-state index contributed by atoms with van der Waals surface area (Å²) in [6.07, 6.45) is 15.9. The lowest BCUT2D eigenvalue weighted by Gasteiger charge is -1.97. The fraction of sp³-hybridized carbons (Fsp3) is 0.650. The second-order valence-corrected chi connectivity index (χ2v) is 6.01. The van der Waals surface area contributed by atoms with Crippen LogP contribution < -0.4 is 0 Å². The first-order valence-electron chi connectivity index (χ1n) is 9.12. The fourth-order valence-corrected chi connectivity index (χ4v) is 2.22. The average molecular weight is 342 g/mol. The van der Waals surface area contributed by atoms with E-state index in [9.17, 15) is 13.6 Å². The van der Waals surface area contributed by atoms with Crippen LogP contribution in [-0.4, -0.2) is 11.1 Å². The summed E-state index contributed by atoms with van der Waals surface area (Å²) in [6.45, 7) is 2.19. The Morgan fingerprint density at radius 2 is 1.46 bits per heavy atom. The molecule has 0 fully saturated rings. The number of aliphatic carboxylic acids is 1. The first-order valence-corrected chi connectivity index (χ1v) is 9.12. The molecule has 0 aliphatic heterocycles. The highest BCUT2D eigenvalue weighted by atomic mass is 19.1. The lowest BCUT2D eigenvalue weighted by atomic mass is 10.1. The SMILES string of the molecule is CCCCCC=CCCCCC=C(F)CC=C(F)CCCC(=O)O. The molecule has 138 valence electrons. The van der Waals surface area contributed by atoms with Crippen LogP contribution >= 0.6 is 0 Å². The van der Waals surface area contributed by atoms with Gasteiger partial charge in [0.2, 0.25) is 0 Å². The Morgan fingerprint density at radius 3 is 2.08 bits per heavy atom. The third-order valence-corrected chi connectivity index (χ3v) is 3.66. The van der Waals surface area contributed by atoms with Gasteiger partial charge in [0.25, 0.3) is 0 Å². The number of hydrogen-bond acceptors (Lipinski definition) is 1. The number of carbonyl (C=O) groups is 1. The summed E-state index contributed by atoms with van der Waals surface area (Å²) in [5.74, 6) is -1.70. The highest BCUT2D eigenvalue weighted by molar-refractivity contribution is 5.66. The summed E-state index contributed by atoms with van der Waals surface area (Å²) in [5.41, 5.74) is 0. The van der Waals surface area contributed by atoms with E-state index in [2.05, 4.69) is 19.1 Å². The molecule has 0 aromatic heterocycles. The Morgan fingerprint density at radius 1 is 0.833 bits per heavy atom. The second kappa shape index (κ2) is 16.4. The maximum atomic E-state index is 13.5. The van der Waals surface area contributed by atoms with Crippen LogP contribution in [0.4, 0.5) is 8.78 Å². The van der Waals surface area contributed by atoms with Crippen LogP contribution in [0.3, 0.4) is 0 Å². The van der Waals surface area contributed by atoms with E-state index >= 15 is 0 Å². The number of hydrogen-bond donors (Lipinski definition) is 1. The first kappa shape index (κ1) is 22.6. The predicted molar refractivity (Wildman–Crippen MR) is 96.2 cm³/mol. The topological polar surface area (TPSA) is 37.3 Å². The minimum absolute atomic E-state index is 0.0454. The van der Waals surface area contributed by atoms with Crippen molar-refractivity contribution in [3.05, 3.63) is 36.0 Å². The van der Waals surface area contributed by atoms with Crippen molar-refractivity contribution in [2.75, 3.05) is 0 Å². The van der Waals surface area contributed by atoms with Gasteiger partial charge in [0.05, 0.1) is 11.7 Å². The van der Waals surface area contributed by atoms with Crippen LogP contribution in [0.1, 0.15) is 84.0 Å². The van der Waals surface area contributed by atoms with Crippen LogP contribution in [-0.2, 0) is 4.79 Å². The molecule has 0 aliphatic rings. The van der Waals surface area contributed by atoms with Gasteiger partial charge in [-0.3, -0.25) is 4.79 Å². The van der Waals surface area contributed by atoms with E-state index in [1.807, 2.05) is 0 Å². The maximum absolute atomic E-state index is 13.5. The molecule has 0 bridgehead atoms. The number of allylic oxidation sites excluding steroid dienone is 6. The van der Waals surface area contributed by atoms with Crippen molar-refractivity contribution < 1.29 is 18.7 Å². The molecule has 0 spiro atoms. The van der Waals surface area contributed by atoms with Gasteiger partial charge < -0.3 is 5.11 Å². The molecule has 0 aliphatic carbocycles. The Kier molecular flexibility index (Phi) is 15.4. The van der Waals surface area contributed by atoms with Crippen molar-refractivity contribution in [1.29, 1.82) is 0 Å². The summed E-state index contributed by atoms with van der Waals surface area (Å²) < 4.78 is 26.8. The molecule has 0 heterocycles. The van der Waals surface area contributed by atoms with E-state index < -0.39 is 11.8 Å². The summed E-state index contributed by atoms with van der Waals surface area (Å²) in [4.78, 5) is 10.3. The molecule has 0 atom stereocenters. The molecule has 0 aromatic rings. The fourth-order valence-electron chi connectivity index (χ4n) is 2.22. The summed E-state index contributed by atoms with van der Waals surface area (Å²) >= 11 is 0. The zero-order valence-electron chi connectivity index (χ0n) is 14.9. The Balaban J connectivity index is 3.67. The molecule has 0 radical (unpaired) electrons. The Hall–Kier alpha value is -1.45. The van der Waals surface area contributed by atoms with Crippen LogP contribution in [0.2, 0.25) is 0 Å². The Bertz CT molecular complexity index is 412. The molecule has 0 saturated carbocycles. The van der Waals surface area contributed by atoms with Crippen molar-refractivity contribution in [1.82, 2.24) is 0 Å². The standard InChI is InChI=1S/C20H32F2O2/c1-2-3-4-5-6-7-8-9-10-11-13-18(21)16-17-19(22)14-12-15-20(23)24/h6-7,13,17H,2-5,8-12,14-16H2,1H3,(H,23,24). The number of unbranched alkanes of at least 4 members (excludes halogenated alkanes) is 6. The normalized spacial score (nSPS) is 13.0. The third-order valence-electron chi connectivity index (χ3n) is 3.66. The van der Waals surface area contributed by atoms with Crippen LogP contribution in [0.25, 0.3) is 0 Å². The largest absolute Gasteiger partial charge is 0.481 e. The molecule has 0 aromatic carbocycles. The predicted octanol–water partition coefficient (Wildman–Crippen LogP) is 7.04. The van der Waals surface area contributed by atoms with E-state index in [1.54, 1.807) is 0 Å². The smallest absolute Gasteiger partial charge is 0.303 e. The highest BCUT2D eigenvalue weighted by Gasteiger charge is 2.00. The average Bonchev–Trinajstić information content (AvgIpc) is 2.54. The van der Waals surface area contributed by atoms with E-state index in [0.717, 1.165) is 25.7 Å². The van der Waals surface area contributed by atoms with Gasteiger partial charge in [-0.15, -0.1) is 0 Å². The number of rotatable bonds is 15. The second-order valence-electron chi connectivity index (χ2n) is 6.01. The van der Waals surface area contributed by atoms with E-state index in [-0.39, 0.29) is 31.5 Å². The quantitative estimate of drug-likeness (QED) is 0.256. The van der Waals surface area contributed by atoms with Crippen molar-refractivity contribution in [3.8, 4) is 0 Å². The van der Waals surface area contributed by atoms with Gasteiger partial charge in [0.15, 0.2) is 0 Å². The molecule has 24 heavy (non-hydrogen) atoms. The molecule has 0 saturated heterocycles. The summed E-state index contributed by atoms with van der Waals surface area (Å²) in [5, 5.41) is 8.45. The molecule has 2 nitrogen and oxygen atoms in total. The van der Waals surface area contributed by atoms with Crippen LogP contribution in [0.15, 0.2) is 36.0 Å². The monoisotopic (exact) mass is 342 g/mol. The molecule has 1 N–H and O–H groups in total. The van der Waals surface area contributed by atoms with Gasteiger partial charge in [-0.05, 0) is 57.4 Å². The first-order chi connectivity index (χ1) is 11.6. The van der Waals surface area contributed by atoms with Crippen LogP contribution in [0, 0.1) is 0 Å². The van der Waals surface area contributed by atoms with E-state index in [0.29, 0.717) is 6.42 Å². The van der Waals surface area contributed by atoms with Crippen LogP contribution in [0.5, 0.6) is 0 Å². The zero-order valence-corrected chi connectivity index (χ0v) is 14.9. The molecule has 0 unspecified atom stereocenters. The molecular weight excluding hydrogens is 310 g/mol.